The van der Waals surface area contributed by atoms with E-state index in [0.717, 1.165) is 0 Å². The summed E-state index contributed by atoms with van der Waals surface area (Å²) >= 11 is 0. The van der Waals surface area contributed by atoms with Crippen LogP contribution in [0.3, 0.4) is 0 Å². The Hall–Kier alpha value is -1.00. The molecule has 0 amide bonds. The van der Waals surface area contributed by atoms with E-state index >= 15 is 0 Å². The van der Waals surface area contributed by atoms with Crippen LogP contribution in [0.25, 0.3) is 0 Å². The summed E-state index contributed by atoms with van der Waals surface area (Å²) in [6.07, 6.45) is -4.78. The fourth-order valence-electron chi connectivity index (χ4n) is 0.162. The largest absolute Gasteiger partial charge is 0.515 e. The van der Waals surface area contributed by atoms with Crippen LogP contribution in [0.1, 0.15) is 0 Å². The quantitative estimate of drug-likeness (QED) is 0.438. The molecule has 0 heterocycles. The van der Waals surface area contributed by atoms with Gasteiger partial charge in [-0.15, -0.1) is 0 Å². The summed E-state index contributed by atoms with van der Waals surface area (Å²) < 4.78 is 33.4. The van der Waals surface area contributed by atoms with Gasteiger partial charge in [0.15, 0.2) is 0 Å². The average molecular weight is 140 g/mol. The molecule has 52 valence electrons. The summed E-state index contributed by atoms with van der Waals surface area (Å²) in [6.45, 7) is 0. The molecule has 0 aliphatic rings. The topological polar surface area (TPSA) is 37.3 Å². The molecule has 9 heavy (non-hydrogen) atoms. The zero-order valence-corrected chi connectivity index (χ0v) is 4.14. The molecule has 0 aromatic carbocycles. The number of halogens is 3. The van der Waals surface area contributed by atoms with E-state index in [1.807, 2.05) is 0 Å². The Morgan fingerprint density at radius 1 is 1.44 bits per heavy atom. The zero-order chi connectivity index (χ0) is 7.49. The summed E-state index contributed by atoms with van der Waals surface area (Å²) in [4.78, 5) is 9.69. The van der Waals surface area contributed by atoms with Gasteiger partial charge in [-0.1, -0.05) is 0 Å². The predicted molar refractivity (Wildman–Crippen MR) is 22.8 cm³/mol. The second kappa shape index (κ2) is 2.52. The first kappa shape index (κ1) is 8.00. The van der Waals surface area contributed by atoms with Crippen molar-refractivity contribution in [2.45, 2.75) is 6.18 Å². The molecule has 5 heteroatoms. The van der Waals surface area contributed by atoms with Crippen LogP contribution in [-0.2, 0) is 4.79 Å². The summed E-state index contributed by atoms with van der Waals surface area (Å²) in [6, 6.07) is 0. The Balaban J connectivity index is 4.06. The third-order valence-electron chi connectivity index (χ3n) is 0.505. The highest BCUT2D eigenvalue weighted by Crippen LogP contribution is 2.15. The third-order valence-corrected chi connectivity index (χ3v) is 0.505. The summed E-state index contributed by atoms with van der Waals surface area (Å²) in [5, 5.41) is 7.70. The minimum absolute atomic E-state index is 0.0417. The van der Waals surface area contributed by atoms with Gasteiger partial charge < -0.3 is 5.11 Å². The van der Waals surface area contributed by atoms with E-state index in [-0.39, 0.29) is 12.3 Å². The number of hydrogen-bond acceptors (Lipinski definition) is 2. The molecule has 0 fully saturated rings. The van der Waals surface area contributed by atoms with Crippen molar-refractivity contribution in [2.24, 2.45) is 0 Å². The molecule has 0 spiro atoms. The van der Waals surface area contributed by atoms with Gasteiger partial charge in [-0.3, -0.25) is 4.79 Å². The van der Waals surface area contributed by atoms with E-state index in [1.165, 1.54) is 0 Å². The molecule has 0 aromatic rings. The van der Waals surface area contributed by atoms with Crippen molar-refractivity contribution in [3.8, 4) is 0 Å². The average Bonchev–Trinajstić information content (AvgIpc) is 1.64. The van der Waals surface area contributed by atoms with Crippen molar-refractivity contribution in [2.75, 3.05) is 0 Å². The molecule has 0 radical (unpaired) electrons. The lowest BCUT2D eigenvalue weighted by molar-refractivity contribution is -0.165. The number of carbonyl (C=O) groups is 1. The number of allylic oxidation sites excluding steroid dienone is 1. The Bertz CT molecular complexity index is 135. The van der Waals surface area contributed by atoms with Crippen LogP contribution >= 0.6 is 0 Å². The van der Waals surface area contributed by atoms with Gasteiger partial charge in [-0.25, -0.2) is 0 Å². The SMILES string of the molecule is O=C(C=CO)C(F)(F)F. The number of aliphatic hydroxyl groups excluding tert-OH is 1. The number of carbonyl (C=O) groups excluding carboxylic acids is 1. The normalized spacial score (nSPS) is 12.3. The van der Waals surface area contributed by atoms with Crippen LogP contribution in [0.4, 0.5) is 13.2 Å². The molecule has 0 aliphatic carbocycles. The summed E-state index contributed by atoms with van der Waals surface area (Å²) in [7, 11) is 0. The number of ketones is 1. The van der Waals surface area contributed by atoms with Crippen LogP contribution in [0.5, 0.6) is 0 Å². The van der Waals surface area contributed by atoms with Gasteiger partial charge in [0.2, 0.25) is 0 Å². The Morgan fingerprint density at radius 2 is 1.89 bits per heavy atom. The van der Waals surface area contributed by atoms with E-state index in [4.69, 9.17) is 5.11 Å². The van der Waals surface area contributed by atoms with Gasteiger partial charge in [-0.2, -0.15) is 13.2 Å². The third kappa shape index (κ3) is 2.73. The fraction of sp³-hybridized carbons (Fsp3) is 0.250. The Morgan fingerprint density at radius 3 is 2.00 bits per heavy atom. The Kier molecular flexibility index (Phi) is 2.24. The van der Waals surface area contributed by atoms with Gasteiger partial charge in [0.25, 0.3) is 5.78 Å². The van der Waals surface area contributed by atoms with E-state index in [1.54, 1.807) is 0 Å². The number of aliphatic hydroxyl groups is 1. The molecule has 0 aromatic heterocycles. The highest BCUT2D eigenvalue weighted by atomic mass is 19.4. The van der Waals surface area contributed by atoms with Crippen LogP contribution in [-0.4, -0.2) is 17.1 Å². The van der Waals surface area contributed by atoms with Crippen molar-refractivity contribution in [1.29, 1.82) is 0 Å². The molecule has 0 bridgehead atoms. The smallest absolute Gasteiger partial charge is 0.454 e. The monoisotopic (exact) mass is 140 g/mol. The van der Waals surface area contributed by atoms with E-state index in [9.17, 15) is 18.0 Å². The van der Waals surface area contributed by atoms with Gasteiger partial charge >= 0.3 is 6.18 Å². The number of hydrogen-bond donors (Lipinski definition) is 1. The van der Waals surface area contributed by atoms with Crippen molar-refractivity contribution < 1.29 is 23.1 Å². The van der Waals surface area contributed by atoms with Gasteiger partial charge in [-0.05, 0) is 0 Å². The highest BCUT2D eigenvalue weighted by Gasteiger charge is 2.36. The van der Waals surface area contributed by atoms with Gasteiger partial charge in [0.1, 0.15) is 0 Å². The molecule has 0 atom stereocenters. The first-order valence-corrected chi connectivity index (χ1v) is 1.90. The molecule has 0 aliphatic heterocycles. The zero-order valence-electron chi connectivity index (χ0n) is 4.14. The van der Waals surface area contributed by atoms with Crippen LogP contribution in [0.2, 0.25) is 0 Å². The van der Waals surface area contributed by atoms with E-state index in [2.05, 4.69) is 0 Å². The number of alkyl halides is 3. The Labute approximate surface area is 48.6 Å². The van der Waals surface area contributed by atoms with Gasteiger partial charge in [0, 0.05) is 6.08 Å². The van der Waals surface area contributed by atoms with Crippen molar-refractivity contribution in [3.63, 3.8) is 0 Å². The van der Waals surface area contributed by atoms with Crippen LogP contribution in [0.15, 0.2) is 12.3 Å². The minimum Gasteiger partial charge on any atom is -0.515 e. The van der Waals surface area contributed by atoms with Crippen LogP contribution in [0, 0.1) is 0 Å². The lowest BCUT2D eigenvalue weighted by Crippen LogP contribution is -2.19. The molecule has 0 saturated carbocycles. The van der Waals surface area contributed by atoms with Crippen LogP contribution < -0.4 is 0 Å². The van der Waals surface area contributed by atoms with Gasteiger partial charge in [0.05, 0.1) is 6.26 Å². The molecular formula is C4H3F3O2. The fourth-order valence-corrected chi connectivity index (χ4v) is 0.162. The van der Waals surface area contributed by atoms with Crippen molar-refractivity contribution >= 4 is 5.78 Å². The second-order valence-electron chi connectivity index (χ2n) is 1.18. The summed E-state index contributed by atoms with van der Waals surface area (Å²) in [5.41, 5.74) is 0. The lowest BCUT2D eigenvalue weighted by atomic mass is 10.4. The molecular weight excluding hydrogens is 137 g/mol. The number of rotatable bonds is 1. The first-order chi connectivity index (χ1) is 3.98. The second-order valence-corrected chi connectivity index (χ2v) is 1.18. The maximum atomic E-state index is 11.1. The molecule has 0 saturated heterocycles. The molecule has 2 nitrogen and oxygen atoms in total. The lowest BCUT2D eigenvalue weighted by Gasteiger charge is -1.97. The molecule has 0 rings (SSSR count). The maximum Gasteiger partial charge on any atom is 0.454 e. The van der Waals surface area contributed by atoms with E-state index < -0.39 is 12.0 Å². The first-order valence-electron chi connectivity index (χ1n) is 1.90. The minimum atomic E-state index is -4.88. The standard InChI is InChI=1S/C4H3F3O2/c5-4(6,7)3(9)1-2-8/h1-2,8H. The van der Waals surface area contributed by atoms with Crippen molar-refractivity contribution in [3.05, 3.63) is 12.3 Å². The van der Waals surface area contributed by atoms with Crippen molar-refractivity contribution in [1.82, 2.24) is 0 Å². The predicted octanol–water partition coefficient (Wildman–Crippen LogP) is 1.19. The maximum absolute atomic E-state index is 11.1. The molecule has 0 unspecified atom stereocenters. The molecule has 1 N–H and O–H groups in total. The van der Waals surface area contributed by atoms with E-state index in [0.29, 0.717) is 0 Å². The highest BCUT2D eigenvalue weighted by molar-refractivity contribution is 5.94. The summed E-state index contributed by atoms with van der Waals surface area (Å²) in [5.74, 6) is -2.06.